The smallest absolute Gasteiger partial charge is 0.231 e. The van der Waals surface area contributed by atoms with Crippen molar-refractivity contribution in [3.05, 3.63) is 89.2 Å². The molecule has 0 bridgehead atoms. The molecule has 0 spiro atoms. The third-order valence-corrected chi connectivity index (χ3v) is 6.32. The molecule has 0 amide bonds. The van der Waals surface area contributed by atoms with Crippen molar-refractivity contribution in [2.75, 3.05) is 18.2 Å². The van der Waals surface area contributed by atoms with E-state index in [1.807, 2.05) is 18.2 Å². The molecule has 30 heavy (non-hydrogen) atoms. The minimum Gasteiger partial charge on any atom is -0.454 e. The Morgan fingerprint density at radius 2 is 1.63 bits per heavy atom. The van der Waals surface area contributed by atoms with Crippen LogP contribution in [0.15, 0.2) is 66.7 Å². The summed E-state index contributed by atoms with van der Waals surface area (Å²) in [6, 6.07) is 21.8. The van der Waals surface area contributed by atoms with Crippen molar-refractivity contribution < 1.29 is 13.9 Å². The number of hydrazine groups is 1. The lowest BCUT2D eigenvalue weighted by atomic mass is 9.81. The maximum atomic E-state index is 13.4. The molecule has 3 aliphatic heterocycles. The van der Waals surface area contributed by atoms with Gasteiger partial charge in [0.05, 0.1) is 12.1 Å². The number of nitrogens with one attached hydrogen (secondary N) is 2. The fourth-order valence-electron chi connectivity index (χ4n) is 4.88. The first-order valence-corrected chi connectivity index (χ1v) is 10.3. The summed E-state index contributed by atoms with van der Waals surface area (Å²) < 4.78 is 24.7. The summed E-state index contributed by atoms with van der Waals surface area (Å²) in [5.41, 5.74) is 11.7. The highest BCUT2D eigenvalue weighted by atomic mass is 19.1. The van der Waals surface area contributed by atoms with E-state index in [1.54, 1.807) is 0 Å². The highest BCUT2D eigenvalue weighted by Gasteiger charge is 2.44. The largest absolute Gasteiger partial charge is 0.454 e. The highest BCUT2D eigenvalue weighted by Crippen LogP contribution is 2.49. The summed E-state index contributed by atoms with van der Waals surface area (Å²) in [6.45, 7) is 1.83. The predicted molar refractivity (Wildman–Crippen MR) is 112 cm³/mol. The summed E-state index contributed by atoms with van der Waals surface area (Å²) in [5.74, 6) is 1.69. The molecule has 5 nitrogen and oxygen atoms in total. The zero-order chi connectivity index (χ0) is 20.1. The van der Waals surface area contributed by atoms with Crippen LogP contribution in [-0.4, -0.2) is 13.3 Å². The number of ether oxygens (including phenoxy) is 2. The summed E-state index contributed by atoms with van der Waals surface area (Å²) >= 11 is 0. The quantitative estimate of drug-likeness (QED) is 0.690. The van der Waals surface area contributed by atoms with Crippen LogP contribution in [0.1, 0.15) is 28.8 Å². The van der Waals surface area contributed by atoms with Gasteiger partial charge >= 0.3 is 0 Å². The van der Waals surface area contributed by atoms with Gasteiger partial charge in [-0.25, -0.2) is 15.2 Å². The Bertz CT molecular complexity index is 1070. The number of hydrogen-bond acceptors (Lipinski definition) is 5. The van der Waals surface area contributed by atoms with E-state index in [0.717, 1.165) is 29.3 Å². The van der Waals surface area contributed by atoms with Crippen LogP contribution in [0.5, 0.6) is 11.5 Å². The molecule has 6 rings (SSSR count). The fourth-order valence-corrected chi connectivity index (χ4v) is 4.88. The summed E-state index contributed by atoms with van der Waals surface area (Å²) in [5, 5.41) is 0. The molecule has 3 heterocycles. The first-order valence-electron chi connectivity index (χ1n) is 10.3. The number of anilines is 1. The van der Waals surface area contributed by atoms with E-state index in [1.165, 1.54) is 23.3 Å². The molecule has 152 valence electrons. The van der Waals surface area contributed by atoms with Gasteiger partial charge in [-0.3, -0.25) is 0 Å². The van der Waals surface area contributed by atoms with Gasteiger partial charge in [0.2, 0.25) is 6.79 Å². The molecule has 0 saturated carbocycles. The Morgan fingerprint density at radius 3 is 2.43 bits per heavy atom. The molecular weight excluding hydrogens is 381 g/mol. The maximum absolute atomic E-state index is 13.4. The minimum absolute atomic E-state index is 0.171. The normalized spacial score (nSPS) is 23.9. The molecule has 3 aromatic carbocycles. The molecule has 3 atom stereocenters. The second-order valence-electron chi connectivity index (χ2n) is 8.09. The van der Waals surface area contributed by atoms with Crippen LogP contribution in [0.3, 0.4) is 0 Å². The first kappa shape index (κ1) is 17.7. The van der Waals surface area contributed by atoms with Crippen molar-refractivity contribution in [2.24, 2.45) is 5.92 Å². The van der Waals surface area contributed by atoms with Crippen LogP contribution in [0.4, 0.5) is 10.1 Å². The monoisotopic (exact) mass is 403 g/mol. The Morgan fingerprint density at radius 1 is 0.900 bits per heavy atom. The lowest BCUT2D eigenvalue weighted by molar-refractivity contribution is 0.174. The number of halogens is 1. The van der Waals surface area contributed by atoms with Gasteiger partial charge in [-0.05, 0) is 34.9 Å². The average Bonchev–Trinajstić information content (AvgIpc) is 3.41. The second-order valence-corrected chi connectivity index (χ2v) is 8.09. The van der Waals surface area contributed by atoms with Crippen molar-refractivity contribution in [2.45, 2.75) is 18.6 Å². The third-order valence-electron chi connectivity index (χ3n) is 6.32. The van der Waals surface area contributed by atoms with Crippen molar-refractivity contribution in [1.82, 2.24) is 10.9 Å². The number of hydrogen-bond donors (Lipinski definition) is 2. The van der Waals surface area contributed by atoms with E-state index >= 15 is 0 Å². The average molecular weight is 403 g/mol. The van der Waals surface area contributed by atoms with E-state index in [2.05, 4.69) is 52.1 Å². The van der Waals surface area contributed by atoms with Gasteiger partial charge in [0.15, 0.2) is 11.5 Å². The molecule has 2 N–H and O–H groups in total. The Hall–Kier alpha value is -3.09. The van der Waals surface area contributed by atoms with Crippen LogP contribution >= 0.6 is 0 Å². The molecule has 1 fully saturated rings. The first-order chi connectivity index (χ1) is 14.8. The van der Waals surface area contributed by atoms with Gasteiger partial charge in [0.1, 0.15) is 5.82 Å². The molecule has 1 saturated heterocycles. The van der Waals surface area contributed by atoms with Crippen LogP contribution in [0.25, 0.3) is 0 Å². The van der Waals surface area contributed by atoms with E-state index < -0.39 is 0 Å². The van der Waals surface area contributed by atoms with Gasteiger partial charge in [-0.2, -0.15) is 0 Å². The topological polar surface area (TPSA) is 45.8 Å². The van der Waals surface area contributed by atoms with Gasteiger partial charge in [-0.1, -0.05) is 42.5 Å². The maximum Gasteiger partial charge on any atom is 0.231 e. The molecule has 0 aromatic heterocycles. The molecule has 3 unspecified atom stereocenters. The third kappa shape index (κ3) is 2.91. The van der Waals surface area contributed by atoms with E-state index in [4.69, 9.17) is 9.47 Å². The zero-order valence-electron chi connectivity index (χ0n) is 16.3. The van der Waals surface area contributed by atoms with Crippen molar-refractivity contribution in [3.63, 3.8) is 0 Å². The summed E-state index contributed by atoms with van der Waals surface area (Å²) in [6.07, 6.45) is 0. The summed E-state index contributed by atoms with van der Waals surface area (Å²) in [7, 11) is 0. The number of benzene rings is 3. The number of fused-ring (bicyclic) bond motifs is 4. The summed E-state index contributed by atoms with van der Waals surface area (Å²) in [4.78, 5) is 2.37. The van der Waals surface area contributed by atoms with Crippen molar-refractivity contribution in [3.8, 4) is 11.5 Å². The van der Waals surface area contributed by atoms with Gasteiger partial charge in [-0.15, -0.1) is 0 Å². The minimum atomic E-state index is -0.213. The Kier molecular flexibility index (Phi) is 4.14. The SMILES string of the molecule is Fc1ccc(CN2CC3C(c4ccccc4)NNC3c3cc4c(cc32)OCO4)cc1. The Balaban J connectivity index is 1.40. The molecule has 3 aliphatic rings. The lowest BCUT2D eigenvalue weighted by Crippen LogP contribution is -2.39. The van der Waals surface area contributed by atoms with Gasteiger partial charge < -0.3 is 14.4 Å². The molecular formula is C24H22FN3O2. The highest BCUT2D eigenvalue weighted by molar-refractivity contribution is 5.66. The standard InChI is InChI=1S/C24H22FN3O2/c25-17-8-6-15(7-9-17)12-28-13-19-23(16-4-2-1-3-5-16)26-27-24(19)18-10-21-22(11-20(18)28)30-14-29-21/h1-11,19,23-24,26-27H,12-14H2. The molecule has 6 heteroatoms. The van der Waals surface area contributed by atoms with Gasteiger partial charge in [0.25, 0.3) is 0 Å². The number of rotatable bonds is 3. The van der Waals surface area contributed by atoms with Gasteiger partial charge in [0, 0.05) is 30.8 Å². The van der Waals surface area contributed by atoms with E-state index in [0.29, 0.717) is 12.5 Å². The second kappa shape index (κ2) is 7.00. The number of nitrogens with zero attached hydrogens (tertiary/aromatic N) is 1. The van der Waals surface area contributed by atoms with Crippen LogP contribution in [0, 0.1) is 11.7 Å². The molecule has 0 radical (unpaired) electrons. The van der Waals surface area contributed by atoms with E-state index in [9.17, 15) is 4.39 Å². The molecule has 0 aliphatic carbocycles. The Labute approximate surface area is 174 Å². The molecule has 3 aromatic rings. The zero-order valence-corrected chi connectivity index (χ0v) is 16.3. The van der Waals surface area contributed by atoms with E-state index in [-0.39, 0.29) is 24.7 Å². The van der Waals surface area contributed by atoms with Crippen molar-refractivity contribution in [1.29, 1.82) is 0 Å². The van der Waals surface area contributed by atoms with Crippen LogP contribution in [-0.2, 0) is 6.54 Å². The predicted octanol–water partition coefficient (Wildman–Crippen LogP) is 4.08. The van der Waals surface area contributed by atoms with Crippen molar-refractivity contribution >= 4 is 5.69 Å². The van der Waals surface area contributed by atoms with Crippen LogP contribution in [0.2, 0.25) is 0 Å². The lowest BCUT2D eigenvalue weighted by Gasteiger charge is -2.39. The van der Waals surface area contributed by atoms with Crippen LogP contribution < -0.4 is 25.2 Å². The fraction of sp³-hybridized carbons (Fsp3) is 0.250.